The van der Waals surface area contributed by atoms with Crippen LogP contribution in [0.15, 0.2) is 24.3 Å². The summed E-state index contributed by atoms with van der Waals surface area (Å²) in [6.07, 6.45) is 0.575. The number of benzene rings is 1. The molecule has 0 radical (unpaired) electrons. The fraction of sp³-hybridized carbons (Fsp3) is 0.357. The SMILES string of the molecule is CC(C)n1c(CCC(=O)O)cc2c(O)cccc21. The van der Waals surface area contributed by atoms with E-state index in [2.05, 4.69) is 4.57 Å². The second kappa shape index (κ2) is 4.72. The van der Waals surface area contributed by atoms with E-state index in [0.717, 1.165) is 16.6 Å². The van der Waals surface area contributed by atoms with Crippen LogP contribution in [0.5, 0.6) is 5.75 Å². The lowest BCUT2D eigenvalue weighted by Gasteiger charge is -2.14. The largest absolute Gasteiger partial charge is 0.507 e. The van der Waals surface area contributed by atoms with Crippen molar-refractivity contribution in [1.29, 1.82) is 0 Å². The molecule has 0 spiro atoms. The molecule has 0 aliphatic heterocycles. The second-order valence-corrected chi connectivity index (χ2v) is 4.70. The quantitative estimate of drug-likeness (QED) is 0.873. The number of carboxylic acid groups (broad SMARTS) is 1. The van der Waals surface area contributed by atoms with Crippen molar-refractivity contribution in [2.45, 2.75) is 32.7 Å². The van der Waals surface area contributed by atoms with Crippen molar-refractivity contribution in [3.63, 3.8) is 0 Å². The van der Waals surface area contributed by atoms with E-state index in [9.17, 15) is 9.90 Å². The lowest BCUT2D eigenvalue weighted by Crippen LogP contribution is -2.07. The zero-order valence-electron chi connectivity index (χ0n) is 10.6. The highest BCUT2D eigenvalue weighted by molar-refractivity contribution is 5.87. The summed E-state index contributed by atoms with van der Waals surface area (Å²) in [6, 6.07) is 7.51. The molecule has 0 aliphatic carbocycles. The number of hydrogen-bond acceptors (Lipinski definition) is 2. The van der Waals surface area contributed by atoms with Gasteiger partial charge in [0.05, 0.1) is 11.9 Å². The van der Waals surface area contributed by atoms with Crippen molar-refractivity contribution >= 4 is 16.9 Å². The van der Waals surface area contributed by atoms with Crippen molar-refractivity contribution in [2.75, 3.05) is 0 Å². The van der Waals surface area contributed by atoms with Crippen LogP contribution in [-0.4, -0.2) is 20.7 Å². The van der Waals surface area contributed by atoms with Crippen LogP contribution in [0.1, 0.15) is 32.0 Å². The topological polar surface area (TPSA) is 62.5 Å². The summed E-state index contributed by atoms with van der Waals surface area (Å²) in [5, 5.41) is 19.4. The van der Waals surface area contributed by atoms with Crippen LogP contribution in [-0.2, 0) is 11.2 Å². The van der Waals surface area contributed by atoms with Gasteiger partial charge in [0.15, 0.2) is 0 Å². The van der Waals surface area contributed by atoms with Gasteiger partial charge in [-0.1, -0.05) is 6.07 Å². The number of phenols is 1. The molecule has 96 valence electrons. The maximum absolute atomic E-state index is 10.7. The zero-order chi connectivity index (χ0) is 13.3. The molecule has 0 saturated heterocycles. The normalized spacial score (nSPS) is 11.3. The molecule has 1 aromatic heterocycles. The number of hydrogen-bond donors (Lipinski definition) is 2. The van der Waals surface area contributed by atoms with E-state index >= 15 is 0 Å². The van der Waals surface area contributed by atoms with Gasteiger partial charge < -0.3 is 14.8 Å². The molecule has 1 aromatic carbocycles. The number of phenolic OH excluding ortho intramolecular Hbond substituents is 1. The minimum absolute atomic E-state index is 0.101. The van der Waals surface area contributed by atoms with E-state index < -0.39 is 5.97 Å². The molecule has 4 heteroatoms. The van der Waals surface area contributed by atoms with Crippen LogP contribution in [0.25, 0.3) is 10.9 Å². The summed E-state index contributed by atoms with van der Waals surface area (Å²) in [7, 11) is 0. The first-order chi connectivity index (χ1) is 8.50. The highest BCUT2D eigenvalue weighted by Gasteiger charge is 2.14. The molecule has 18 heavy (non-hydrogen) atoms. The lowest BCUT2D eigenvalue weighted by molar-refractivity contribution is -0.136. The summed E-state index contributed by atoms with van der Waals surface area (Å²) in [5.41, 5.74) is 1.90. The number of nitrogens with zero attached hydrogens (tertiary/aromatic N) is 1. The van der Waals surface area contributed by atoms with E-state index in [1.807, 2.05) is 26.0 Å². The van der Waals surface area contributed by atoms with Gasteiger partial charge in [0.1, 0.15) is 5.75 Å². The van der Waals surface area contributed by atoms with Crippen molar-refractivity contribution < 1.29 is 15.0 Å². The minimum Gasteiger partial charge on any atom is -0.507 e. The summed E-state index contributed by atoms with van der Waals surface area (Å²) in [5.74, 6) is -0.566. The van der Waals surface area contributed by atoms with Gasteiger partial charge in [0.25, 0.3) is 0 Å². The van der Waals surface area contributed by atoms with Crippen molar-refractivity contribution in [1.82, 2.24) is 4.57 Å². The number of aromatic hydroxyl groups is 1. The van der Waals surface area contributed by atoms with E-state index in [0.29, 0.717) is 6.42 Å². The van der Waals surface area contributed by atoms with Crippen LogP contribution >= 0.6 is 0 Å². The van der Waals surface area contributed by atoms with Crippen LogP contribution in [0, 0.1) is 0 Å². The Balaban J connectivity index is 2.54. The number of fused-ring (bicyclic) bond motifs is 1. The van der Waals surface area contributed by atoms with Crippen LogP contribution in [0.4, 0.5) is 0 Å². The van der Waals surface area contributed by atoms with Crippen molar-refractivity contribution in [3.8, 4) is 5.75 Å². The average molecular weight is 247 g/mol. The summed E-state index contributed by atoms with van der Waals surface area (Å²) in [4.78, 5) is 10.7. The van der Waals surface area contributed by atoms with E-state index in [4.69, 9.17) is 5.11 Å². The molecule has 1 heterocycles. The maximum atomic E-state index is 10.7. The highest BCUT2D eigenvalue weighted by Crippen LogP contribution is 2.30. The van der Waals surface area contributed by atoms with Gasteiger partial charge in [0, 0.05) is 17.1 Å². The lowest BCUT2D eigenvalue weighted by atomic mass is 10.2. The Bertz CT molecular complexity index is 584. The van der Waals surface area contributed by atoms with E-state index in [1.165, 1.54) is 0 Å². The summed E-state index contributed by atoms with van der Waals surface area (Å²) < 4.78 is 2.08. The Labute approximate surface area is 105 Å². The molecule has 2 N–H and O–H groups in total. The third kappa shape index (κ3) is 2.18. The van der Waals surface area contributed by atoms with E-state index in [-0.39, 0.29) is 18.2 Å². The molecular weight excluding hydrogens is 230 g/mol. The Hall–Kier alpha value is -1.97. The van der Waals surface area contributed by atoms with Crippen LogP contribution in [0.2, 0.25) is 0 Å². The van der Waals surface area contributed by atoms with Gasteiger partial charge in [-0.3, -0.25) is 4.79 Å². The van der Waals surface area contributed by atoms with Gasteiger partial charge in [-0.15, -0.1) is 0 Å². The number of aryl methyl sites for hydroxylation is 1. The number of rotatable bonds is 4. The van der Waals surface area contributed by atoms with Gasteiger partial charge in [0.2, 0.25) is 0 Å². The first-order valence-corrected chi connectivity index (χ1v) is 6.04. The molecule has 0 amide bonds. The molecule has 0 atom stereocenters. The Morgan fingerprint density at radius 1 is 1.39 bits per heavy atom. The molecule has 0 fully saturated rings. The summed E-state index contributed by atoms with van der Waals surface area (Å²) >= 11 is 0. The number of carboxylic acids is 1. The second-order valence-electron chi connectivity index (χ2n) is 4.70. The van der Waals surface area contributed by atoms with Gasteiger partial charge >= 0.3 is 5.97 Å². The molecule has 2 rings (SSSR count). The average Bonchev–Trinajstić information content (AvgIpc) is 2.66. The first kappa shape index (κ1) is 12.5. The standard InChI is InChI=1S/C14H17NO3/c1-9(2)15-10(6-7-14(17)18)8-11-12(15)4-3-5-13(11)16/h3-5,8-9,16H,6-7H2,1-2H3,(H,17,18). The maximum Gasteiger partial charge on any atom is 0.303 e. The number of aliphatic carboxylic acids is 1. The van der Waals surface area contributed by atoms with Gasteiger partial charge in [-0.05, 0) is 38.5 Å². The minimum atomic E-state index is -0.806. The molecular formula is C14H17NO3. The molecule has 4 nitrogen and oxygen atoms in total. The van der Waals surface area contributed by atoms with Crippen LogP contribution < -0.4 is 0 Å². The predicted molar refractivity (Wildman–Crippen MR) is 69.9 cm³/mol. The monoisotopic (exact) mass is 247 g/mol. The molecule has 0 aliphatic rings. The van der Waals surface area contributed by atoms with E-state index in [1.54, 1.807) is 12.1 Å². The predicted octanol–water partition coefficient (Wildman–Crippen LogP) is 2.95. The Morgan fingerprint density at radius 2 is 2.11 bits per heavy atom. The third-order valence-corrected chi connectivity index (χ3v) is 3.05. The zero-order valence-corrected chi connectivity index (χ0v) is 10.6. The van der Waals surface area contributed by atoms with Crippen LogP contribution in [0.3, 0.4) is 0 Å². The van der Waals surface area contributed by atoms with Crippen molar-refractivity contribution in [3.05, 3.63) is 30.0 Å². The molecule has 2 aromatic rings. The fourth-order valence-corrected chi connectivity index (χ4v) is 2.33. The van der Waals surface area contributed by atoms with Gasteiger partial charge in [-0.2, -0.15) is 0 Å². The Morgan fingerprint density at radius 3 is 2.72 bits per heavy atom. The molecule has 0 unspecified atom stereocenters. The van der Waals surface area contributed by atoms with Gasteiger partial charge in [-0.25, -0.2) is 0 Å². The van der Waals surface area contributed by atoms with Crippen molar-refractivity contribution in [2.24, 2.45) is 0 Å². The number of carbonyl (C=O) groups is 1. The number of aromatic nitrogens is 1. The third-order valence-electron chi connectivity index (χ3n) is 3.05. The fourth-order valence-electron chi connectivity index (χ4n) is 2.33. The molecule has 0 saturated carbocycles. The molecule has 0 bridgehead atoms. The highest BCUT2D eigenvalue weighted by atomic mass is 16.4. The smallest absolute Gasteiger partial charge is 0.303 e. The Kier molecular flexibility index (Phi) is 3.28. The summed E-state index contributed by atoms with van der Waals surface area (Å²) in [6.45, 7) is 4.10. The first-order valence-electron chi connectivity index (χ1n) is 6.04.